The predicted octanol–water partition coefficient (Wildman–Crippen LogP) is 5.98. The molecular formula is C28H27N3O5. The molecule has 0 radical (unpaired) electrons. The Balaban J connectivity index is 1.60. The first-order valence-electron chi connectivity index (χ1n) is 11.9. The molecule has 1 aliphatic heterocycles. The van der Waals surface area contributed by atoms with Gasteiger partial charge in [0.2, 0.25) is 0 Å². The van der Waals surface area contributed by atoms with Crippen molar-refractivity contribution in [2.75, 3.05) is 24.4 Å². The Labute approximate surface area is 209 Å². The standard InChI is InChI=1S/C28H27N3O5/c1-3-36-25-13-12-17(16-26(25)35-2)18-14-22-27(24(32)15-18)28(19-8-4-7-11-23(19)31(33)34)30-21-10-6-5-9-20(21)29-22/h4-13,16,18,28-30H,3,14-15H2,1-2H3/t18-,28+/m1/s1. The molecule has 2 aliphatic rings. The van der Waals surface area contributed by atoms with Crippen LogP contribution in [-0.4, -0.2) is 24.4 Å². The predicted molar refractivity (Wildman–Crippen MR) is 138 cm³/mol. The molecule has 0 aromatic heterocycles. The number of carbonyl (C=O) groups is 1. The summed E-state index contributed by atoms with van der Waals surface area (Å²) in [5.74, 6) is 1.16. The zero-order valence-corrected chi connectivity index (χ0v) is 20.1. The van der Waals surface area contributed by atoms with E-state index in [-0.39, 0.29) is 23.8 Å². The number of para-hydroxylation sites is 3. The minimum absolute atomic E-state index is 0.0209. The number of ether oxygens (including phenoxy) is 2. The maximum absolute atomic E-state index is 13.7. The number of Topliss-reactive ketones (excluding diaryl/α,β-unsaturated/α-hetero) is 1. The van der Waals surface area contributed by atoms with E-state index in [0.717, 1.165) is 22.6 Å². The van der Waals surface area contributed by atoms with Crippen LogP contribution in [0.3, 0.4) is 0 Å². The van der Waals surface area contributed by atoms with Crippen LogP contribution in [-0.2, 0) is 4.79 Å². The van der Waals surface area contributed by atoms with Crippen LogP contribution in [0.1, 0.15) is 42.9 Å². The number of hydrogen-bond acceptors (Lipinski definition) is 7. The van der Waals surface area contributed by atoms with Crippen molar-refractivity contribution in [3.05, 3.63) is 99.2 Å². The van der Waals surface area contributed by atoms with Crippen molar-refractivity contribution in [1.29, 1.82) is 0 Å². The van der Waals surface area contributed by atoms with Gasteiger partial charge in [-0.1, -0.05) is 30.3 Å². The lowest BCUT2D eigenvalue weighted by Gasteiger charge is -2.30. The molecule has 0 spiro atoms. The van der Waals surface area contributed by atoms with Crippen LogP contribution in [0.2, 0.25) is 0 Å². The third-order valence-corrected chi connectivity index (χ3v) is 6.71. The molecular weight excluding hydrogens is 458 g/mol. The van der Waals surface area contributed by atoms with Gasteiger partial charge in [0, 0.05) is 23.8 Å². The summed E-state index contributed by atoms with van der Waals surface area (Å²) in [5, 5.41) is 18.7. The van der Waals surface area contributed by atoms with Crippen molar-refractivity contribution in [2.45, 2.75) is 31.7 Å². The van der Waals surface area contributed by atoms with Crippen molar-refractivity contribution < 1.29 is 19.2 Å². The first kappa shape index (κ1) is 23.4. The van der Waals surface area contributed by atoms with Gasteiger partial charge in [-0.3, -0.25) is 14.9 Å². The van der Waals surface area contributed by atoms with Gasteiger partial charge in [0.05, 0.1) is 41.6 Å². The Bertz CT molecular complexity index is 1370. The molecule has 1 aliphatic carbocycles. The Kier molecular flexibility index (Phi) is 6.33. The lowest BCUT2D eigenvalue weighted by atomic mass is 9.78. The number of nitrogens with zero attached hydrogens (tertiary/aromatic N) is 1. The molecule has 0 unspecified atom stereocenters. The second-order valence-corrected chi connectivity index (χ2v) is 8.83. The molecule has 0 saturated heterocycles. The van der Waals surface area contributed by atoms with Gasteiger partial charge >= 0.3 is 0 Å². The number of hydrogen-bond donors (Lipinski definition) is 2. The van der Waals surface area contributed by atoms with Crippen LogP contribution in [0.15, 0.2) is 78.0 Å². The molecule has 0 bridgehead atoms. The van der Waals surface area contributed by atoms with Crippen LogP contribution in [0.5, 0.6) is 11.5 Å². The van der Waals surface area contributed by atoms with Gasteiger partial charge in [-0.05, 0) is 55.2 Å². The first-order chi connectivity index (χ1) is 17.5. The average molecular weight is 486 g/mol. The van der Waals surface area contributed by atoms with Gasteiger partial charge in [0.15, 0.2) is 17.3 Å². The quantitative estimate of drug-likeness (QED) is 0.327. The number of nitro benzene ring substituents is 1. The fourth-order valence-corrected chi connectivity index (χ4v) is 5.07. The fourth-order valence-electron chi connectivity index (χ4n) is 5.07. The smallest absolute Gasteiger partial charge is 0.275 e. The summed E-state index contributed by atoms with van der Waals surface area (Å²) in [4.78, 5) is 25.2. The summed E-state index contributed by atoms with van der Waals surface area (Å²) in [6.07, 6.45) is 0.859. The number of allylic oxidation sites excluding steroid dienone is 1. The molecule has 8 nitrogen and oxygen atoms in total. The molecule has 5 rings (SSSR count). The lowest BCUT2D eigenvalue weighted by molar-refractivity contribution is -0.385. The zero-order valence-electron chi connectivity index (χ0n) is 20.1. The largest absolute Gasteiger partial charge is 0.493 e. The average Bonchev–Trinajstić information content (AvgIpc) is 3.06. The van der Waals surface area contributed by atoms with E-state index in [1.54, 1.807) is 25.3 Å². The maximum Gasteiger partial charge on any atom is 0.275 e. The molecule has 1 heterocycles. The van der Waals surface area contributed by atoms with E-state index in [0.29, 0.717) is 35.7 Å². The molecule has 8 heteroatoms. The number of methoxy groups -OCH3 is 1. The Morgan fingerprint density at radius 3 is 2.50 bits per heavy atom. The molecule has 2 N–H and O–H groups in total. The number of rotatable bonds is 6. The molecule has 0 fully saturated rings. The van der Waals surface area contributed by atoms with Crippen molar-refractivity contribution in [1.82, 2.24) is 0 Å². The topological polar surface area (TPSA) is 103 Å². The summed E-state index contributed by atoms with van der Waals surface area (Å²) in [7, 11) is 1.60. The molecule has 36 heavy (non-hydrogen) atoms. The molecule has 2 atom stereocenters. The molecule has 3 aromatic rings. The highest BCUT2D eigenvalue weighted by molar-refractivity contribution is 6.01. The van der Waals surface area contributed by atoms with Gasteiger partial charge in [-0.2, -0.15) is 0 Å². The summed E-state index contributed by atoms with van der Waals surface area (Å²) in [6.45, 7) is 2.44. The van der Waals surface area contributed by atoms with E-state index in [4.69, 9.17) is 9.47 Å². The van der Waals surface area contributed by atoms with Crippen LogP contribution in [0.4, 0.5) is 17.1 Å². The maximum atomic E-state index is 13.7. The third-order valence-electron chi connectivity index (χ3n) is 6.71. The third kappa shape index (κ3) is 4.26. The minimum atomic E-state index is -0.652. The molecule has 0 amide bonds. The number of fused-ring (bicyclic) bond motifs is 1. The van der Waals surface area contributed by atoms with E-state index in [1.165, 1.54) is 6.07 Å². The van der Waals surface area contributed by atoms with Crippen molar-refractivity contribution in [2.24, 2.45) is 0 Å². The van der Waals surface area contributed by atoms with Crippen LogP contribution < -0.4 is 20.1 Å². The van der Waals surface area contributed by atoms with Crippen LogP contribution in [0, 0.1) is 10.1 Å². The van der Waals surface area contributed by atoms with E-state index < -0.39 is 11.0 Å². The van der Waals surface area contributed by atoms with Crippen molar-refractivity contribution in [3.8, 4) is 11.5 Å². The van der Waals surface area contributed by atoms with Crippen LogP contribution >= 0.6 is 0 Å². The van der Waals surface area contributed by atoms with Crippen molar-refractivity contribution in [3.63, 3.8) is 0 Å². The highest BCUT2D eigenvalue weighted by Crippen LogP contribution is 2.46. The summed E-state index contributed by atoms with van der Waals surface area (Å²) in [6, 6.07) is 19.4. The van der Waals surface area contributed by atoms with E-state index in [9.17, 15) is 14.9 Å². The summed E-state index contributed by atoms with van der Waals surface area (Å²) < 4.78 is 11.2. The lowest BCUT2D eigenvalue weighted by Crippen LogP contribution is -2.27. The molecule has 184 valence electrons. The number of nitro groups is 1. The minimum Gasteiger partial charge on any atom is -0.493 e. The Morgan fingerprint density at radius 1 is 1.00 bits per heavy atom. The van der Waals surface area contributed by atoms with E-state index >= 15 is 0 Å². The highest BCUT2D eigenvalue weighted by Gasteiger charge is 2.38. The molecule has 3 aromatic carbocycles. The normalized spacial score (nSPS) is 18.8. The molecule has 0 saturated carbocycles. The second kappa shape index (κ2) is 9.73. The number of benzene rings is 3. The van der Waals surface area contributed by atoms with Gasteiger partial charge in [0.1, 0.15) is 0 Å². The second-order valence-electron chi connectivity index (χ2n) is 8.83. The summed E-state index contributed by atoms with van der Waals surface area (Å²) >= 11 is 0. The monoisotopic (exact) mass is 485 g/mol. The van der Waals surface area contributed by atoms with Crippen molar-refractivity contribution >= 4 is 22.8 Å². The number of anilines is 2. The van der Waals surface area contributed by atoms with E-state index in [2.05, 4.69) is 10.6 Å². The zero-order chi connectivity index (χ0) is 25.2. The Hall–Kier alpha value is -4.33. The fraction of sp³-hybridized carbons (Fsp3) is 0.250. The SMILES string of the molecule is CCOc1ccc([C@H]2CC(=O)C3=C(C2)Nc2ccccc2N[C@H]3c2ccccc2[N+](=O)[O-])cc1OC. The van der Waals surface area contributed by atoms with Gasteiger partial charge in [-0.25, -0.2) is 0 Å². The number of carbonyl (C=O) groups excluding carboxylic acids is 1. The number of ketones is 1. The van der Waals surface area contributed by atoms with E-state index in [1.807, 2.05) is 49.4 Å². The van der Waals surface area contributed by atoms with Gasteiger partial charge < -0.3 is 20.1 Å². The van der Waals surface area contributed by atoms with Gasteiger partial charge in [0.25, 0.3) is 5.69 Å². The number of nitrogens with one attached hydrogen (secondary N) is 2. The highest BCUT2D eigenvalue weighted by atomic mass is 16.6. The van der Waals surface area contributed by atoms with Gasteiger partial charge in [-0.15, -0.1) is 0 Å². The Morgan fingerprint density at radius 2 is 1.75 bits per heavy atom. The van der Waals surface area contributed by atoms with Crippen LogP contribution in [0.25, 0.3) is 0 Å². The first-order valence-corrected chi connectivity index (χ1v) is 11.9. The summed E-state index contributed by atoms with van der Waals surface area (Å²) in [5.41, 5.74) is 4.32.